The van der Waals surface area contributed by atoms with Crippen molar-refractivity contribution in [3.05, 3.63) is 122 Å². The van der Waals surface area contributed by atoms with Crippen LogP contribution in [0.5, 0.6) is 0 Å². The van der Waals surface area contributed by atoms with Crippen molar-refractivity contribution < 1.29 is 0 Å². The molecule has 4 aromatic carbocycles. The van der Waals surface area contributed by atoms with Crippen molar-refractivity contribution in [2.75, 3.05) is 0 Å². The summed E-state index contributed by atoms with van der Waals surface area (Å²) < 4.78 is 5.03. The molecule has 178 valence electrons. The van der Waals surface area contributed by atoms with E-state index in [4.69, 9.17) is 9.97 Å². The minimum absolute atomic E-state index is 1.03. The van der Waals surface area contributed by atoms with E-state index < -0.39 is 0 Å². The molecule has 0 atom stereocenters. The molecular weight excluding hydrogens is 501 g/mol. The van der Waals surface area contributed by atoms with E-state index in [1.54, 1.807) is 0 Å². The third-order valence-electron chi connectivity index (χ3n) is 7.24. The first-order valence-electron chi connectivity index (χ1n) is 12.6. The third kappa shape index (κ3) is 3.24. The predicted octanol–water partition coefficient (Wildman–Crippen LogP) is 10.2. The van der Waals surface area contributed by atoms with Crippen LogP contribution in [0.3, 0.4) is 0 Å². The van der Waals surface area contributed by atoms with Crippen LogP contribution in [-0.2, 0) is 0 Å². The molecule has 38 heavy (non-hydrogen) atoms. The Balaban J connectivity index is 1.39. The summed E-state index contributed by atoms with van der Waals surface area (Å²) in [5, 5.41) is 5.09. The summed E-state index contributed by atoms with van der Waals surface area (Å²) in [7, 11) is 0. The SMILES string of the molecule is c1ccc(-c2nccc3c2sc2ccccc23)c(-c2ccccc2-c2nccc3c2sc2ccccc23)c1. The fourth-order valence-corrected chi connectivity index (χ4v) is 7.94. The summed E-state index contributed by atoms with van der Waals surface area (Å²) in [5.74, 6) is 0. The molecule has 4 heteroatoms. The van der Waals surface area contributed by atoms with Crippen molar-refractivity contribution in [1.82, 2.24) is 9.97 Å². The summed E-state index contributed by atoms with van der Waals surface area (Å²) in [4.78, 5) is 9.87. The number of pyridine rings is 2. The highest BCUT2D eigenvalue weighted by molar-refractivity contribution is 7.26. The molecule has 2 nitrogen and oxygen atoms in total. The molecule has 4 heterocycles. The van der Waals surface area contributed by atoms with Gasteiger partial charge in [-0.15, -0.1) is 22.7 Å². The van der Waals surface area contributed by atoms with Crippen LogP contribution in [0.15, 0.2) is 122 Å². The smallest absolute Gasteiger partial charge is 0.0886 e. The van der Waals surface area contributed by atoms with Gasteiger partial charge in [0.15, 0.2) is 0 Å². The molecule has 0 spiro atoms. The first-order chi connectivity index (χ1) is 18.9. The monoisotopic (exact) mass is 520 g/mol. The highest BCUT2D eigenvalue weighted by Gasteiger charge is 2.19. The van der Waals surface area contributed by atoms with Crippen molar-refractivity contribution in [1.29, 1.82) is 0 Å². The van der Waals surface area contributed by atoms with Gasteiger partial charge in [0.1, 0.15) is 0 Å². The molecule has 0 N–H and O–H groups in total. The second-order valence-electron chi connectivity index (χ2n) is 9.36. The van der Waals surface area contributed by atoms with Crippen molar-refractivity contribution >= 4 is 63.0 Å². The summed E-state index contributed by atoms with van der Waals surface area (Å²) >= 11 is 3.64. The Morgan fingerprint density at radius 2 is 0.763 bits per heavy atom. The molecule has 0 bridgehead atoms. The second kappa shape index (κ2) is 8.59. The zero-order chi connectivity index (χ0) is 25.1. The zero-order valence-corrected chi connectivity index (χ0v) is 21.9. The Morgan fingerprint density at radius 3 is 1.24 bits per heavy atom. The molecule has 0 amide bonds. The van der Waals surface area contributed by atoms with Crippen LogP contribution < -0.4 is 0 Å². The molecule has 4 aromatic heterocycles. The normalized spacial score (nSPS) is 11.7. The molecule has 0 aliphatic rings. The molecule has 8 aromatic rings. The van der Waals surface area contributed by atoms with E-state index in [1.807, 2.05) is 35.1 Å². The Kier molecular flexibility index (Phi) is 4.90. The van der Waals surface area contributed by atoms with Crippen LogP contribution in [0, 0.1) is 0 Å². The van der Waals surface area contributed by atoms with Gasteiger partial charge in [-0.1, -0.05) is 84.9 Å². The fourth-order valence-electron chi connectivity index (χ4n) is 5.54. The lowest BCUT2D eigenvalue weighted by atomic mass is 9.92. The average molecular weight is 521 g/mol. The summed E-state index contributed by atoms with van der Waals surface area (Å²) in [5.41, 5.74) is 6.67. The van der Waals surface area contributed by atoms with Gasteiger partial charge in [-0.3, -0.25) is 9.97 Å². The van der Waals surface area contributed by atoms with E-state index in [-0.39, 0.29) is 0 Å². The maximum absolute atomic E-state index is 4.94. The van der Waals surface area contributed by atoms with E-state index in [2.05, 4.69) is 109 Å². The van der Waals surface area contributed by atoms with Gasteiger partial charge in [0.25, 0.3) is 0 Å². The zero-order valence-electron chi connectivity index (χ0n) is 20.3. The number of fused-ring (bicyclic) bond motifs is 6. The molecule has 0 unspecified atom stereocenters. The van der Waals surface area contributed by atoms with Crippen LogP contribution in [0.4, 0.5) is 0 Å². The maximum Gasteiger partial charge on any atom is 0.0886 e. The Labute approximate surface area is 227 Å². The van der Waals surface area contributed by atoms with Gasteiger partial charge in [0, 0.05) is 54.5 Å². The van der Waals surface area contributed by atoms with Crippen molar-refractivity contribution in [3.63, 3.8) is 0 Å². The Hall–Kier alpha value is -4.38. The topological polar surface area (TPSA) is 25.8 Å². The maximum atomic E-state index is 4.94. The second-order valence-corrected chi connectivity index (χ2v) is 11.5. The first kappa shape index (κ1) is 21.7. The van der Waals surface area contributed by atoms with Crippen LogP contribution >= 0.6 is 22.7 Å². The van der Waals surface area contributed by atoms with Gasteiger partial charge in [-0.25, -0.2) is 0 Å². The predicted molar refractivity (Wildman–Crippen MR) is 164 cm³/mol. The number of benzene rings is 4. The molecule has 0 saturated heterocycles. The van der Waals surface area contributed by atoms with Crippen LogP contribution in [-0.4, -0.2) is 9.97 Å². The molecule has 8 rings (SSSR count). The van der Waals surface area contributed by atoms with Gasteiger partial charge >= 0.3 is 0 Å². The highest BCUT2D eigenvalue weighted by atomic mass is 32.1. The number of rotatable bonds is 3. The van der Waals surface area contributed by atoms with Crippen LogP contribution in [0.1, 0.15) is 0 Å². The van der Waals surface area contributed by atoms with Gasteiger partial charge in [-0.05, 0) is 35.4 Å². The van der Waals surface area contributed by atoms with Crippen LogP contribution in [0.2, 0.25) is 0 Å². The van der Waals surface area contributed by atoms with Crippen molar-refractivity contribution in [2.45, 2.75) is 0 Å². The minimum Gasteiger partial charge on any atom is -0.255 e. The summed E-state index contributed by atoms with van der Waals surface area (Å²) in [6.07, 6.45) is 3.89. The quantitative estimate of drug-likeness (QED) is 0.232. The molecule has 0 fully saturated rings. The number of hydrogen-bond donors (Lipinski definition) is 0. The lowest BCUT2D eigenvalue weighted by molar-refractivity contribution is 1.36. The lowest BCUT2D eigenvalue weighted by Crippen LogP contribution is -1.92. The fraction of sp³-hybridized carbons (Fsp3) is 0. The van der Waals surface area contributed by atoms with Gasteiger partial charge in [-0.2, -0.15) is 0 Å². The molecule has 0 aliphatic heterocycles. The number of hydrogen-bond acceptors (Lipinski definition) is 4. The molecule has 0 aliphatic carbocycles. The number of nitrogens with zero attached hydrogens (tertiary/aromatic N) is 2. The molecule has 0 radical (unpaired) electrons. The Bertz CT molecular complexity index is 2000. The molecule has 0 saturated carbocycles. The van der Waals surface area contributed by atoms with E-state index in [9.17, 15) is 0 Å². The largest absolute Gasteiger partial charge is 0.255 e. The van der Waals surface area contributed by atoms with Crippen molar-refractivity contribution in [2.24, 2.45) is 0 Å². The van der Waals surface area contributed by atoms with Crippen LogP contribution in [0.25, 0.3) is 74.0 Å². The summed E-state index contributed by atoms with van der Waals surface area (Å²) in [6, 6.07) is 38.8. The van der Waals surface area contributed by atoms with Gasteiger partial charge in [0.2, 0.25) is 0 Å². The minimum atomic E-state index is 1.03. The average Bonchev–Trinajstić information content (AvgIpc) is 3.56. The van der Waals surface area contributed by atoms with Crippen molar-refractivity contribution in [3.8, 4) is 33.6 Å². The number of aromatic nitrogens is 2. The van der Waals surface area contributed by atoms with Gasteiger partial charge in [0.05, 0.1) is 20.8 Å². The molecular formula is C34H20N2S2. The Morgan fingerprint density at radius 1 is 0.368 bits per heavy atom. The number of thiophene rings is 2. The van der Waals surface area contributed by atoms with E-state index in [0.717, 1.165) is 22.5 Å². The highest BCUT2D eigenvalue weighted by Crippen LogP contribution is 2.45. The lowest BCUT2D eigenvalue weighted by Gasteiger charge is -2.14. The van der Waals surface area contributed by atoms with E-state index in [0.29, 0.717) is 0 Å². The van der Waals surface area contributed by atoms with E-state index in [1.165, 1.54) is 51.5 Å². The van der Waals surface area contributed by atoms with E-state index >= 15 is 0 Å². The standard InChI is InChI=1S/C34H20N2S2/c1-3-13-25(31-33-27(17-19-35-31)23-11-5-7-15-29(23)37-33)21(9-1)22-10-2-4-14-26(22)32-34-28(18-20-36-32)24-12-6-8-16-30(24)38-34/h1-20H. The third-order valence-corrected chi connectivity index (χ3v) is 9.63. The first-order valence-corrected chi connectivity index (χ1v) is 14.2. The summed E-state index contributed by atoms with van der Waals surface area (Å²) in [6.45, 7) is 0. The van der Waals surface area contributed by atoms with Gasteiger partial charge < -0.3 is 0 Å².